The molecule has 0 aliphatic rings. The van der Waals surface area contributed by atoms with E-state index in [9.17, 15) is 0 Å². The first-order valence-electron chi connectivity index (χ1n) is 6.53. The summed E-state index contributed by atoms with van der Waals surface area (Å²) in [4.78, 5) is 14.6. The van der Waals surface area contributed by atoms with Crippen LogP contribution in [0.2, 0.25) is 0 Å². The highest BCUT2D eigenvalue weighted by molar-refractivity contribution is 5.39. The second kappa shape index (κ2) is 7.73. The van der Waals surface area contributed by atoms with E-state index in [4.69, 9.17) is 9.84 Å². The maximum Gasteiger partial charge on any atom is 0.322 e. The van der Waals surface area contributed by atoms with E-state index in [0.29, 0.717) is 18.4 Å². The molecular formula is C12H23N5O2. The number of nitrogens with one attached hydrogen (secondary N) is 1. The Kier molecular flexibility index (Phi) is 6.27. The fraction of sp³-hybridized carbons (Fsp3) is 0.750. The summed E-state index contributed by atoms with van der Waals surface area (Å²) in [7, 11) is 1.52. The molecule has 1 rings (SSSR count). The zero-order valence-corrected chi connectivity index (χ0v) is 12.1. The number of nitrogens with zero attached hydrogens (tertiary/aromatic N) is 4. The average Bonchev–Trinajstić information content (AvgIpc) is 2.41. The van der Waals surface area contributed by atoms with Gasteiger partial charge in [-0.3, -0.25) is 0 Å². The first-order chi connectivity index (χ1) is 9.12. The van der Waals surface area contributed by atoms with E-state index in [-0.39, 0.29) is 18.7 Å². The predicted octanol–water partition coefficient (Wildman–Crippen LogP) is 0.909. The van der Waals surface area contributed by atoms with E-state index in [0.717, 1.165) is 13.0 Å². The van der Waals surface area contributed by atoms with Gasteiger partial charge in [-0.05, 0) is 20.3 Å². The molecule has 1 aromatic heterocycles. The van der Waals surface area contributed by atoms with Gasteiger partial charge < -0.3 is 20.1 Å². The van der Waals surface area contributed by atoms with Crippen molar-refractivity contribution in [3.63, 3.8) is 0 Å². The Morgan fingerprint density at radius 3 is 2.58 bits per heavy atom. The lowest BCUT2D eigenvalue weighted by molar-refractivity contribution is 0.297. The molecule has 0 aliphatic carbocycles. The minimum absolute atomic E-state index is 0.0455. The van der Waals surface area contributed by atoms with Crippen LogP contribution in [0.3, 0.4) is 0 Å². The van der Waals surface area contributed by atoms with Crippen molar-refractivity contribution in [3.8, 4) is 6.01 Å². The number of aliphatic hydroxyl groups is 1. The van der Waals surface area contributed by atoms with Gasteiger partial charge in [-0.1, -0.05) is 6.92 Å². The Hall–Kier alpha value is -1.63. The lowest BCUT2D eigenvalue weighted by Crippen LogP contribution is -2.35. The zero-order valence-electron chi connectivity index (χ0n) is 12.1. The second-order valence-electron chi connectivity index (χ2n) is 4.38. The van der Waals surface area contributed by atoms with E-state index >= 15 is 0 Å². The first kappa shape index (κ1) is 15.4. The standard InChI is InChI=1S/C12H23N5O2/c1-5-6-13-10-14-11(16-12(15-10)19-4)17(7-8-18)9(2)3/h9,18H,5-8H2,1-4H3,(H,13,14,15,16). The summed E-state index contributed by atoms with van der Waals surface area (Å²) in [6.45, 7) is 7.41. The molecule has 108 valence electrons. The highest BCUT2D eigenvalue weighted by Crippen LogP contribution is 2.16. The van der Waals surface area contributed by atoms with Gasteiger partial charge in [-0.2, -0.15) is 15.0 Å². The summed E-state index contributed by atoms with van der Waals surface area (Å²) in [5.74, 6) is 1.00. The van der Waals surface area contributed by atoms with Gasteiger partial charge in [0.2, 0.25) is 11.9 Å². The van der Waals surface area contributed by atoms with Gasteiger partial charge in [-0.15, -0.1) is 0 Å². The molecule has 0 amide bonds. The van der Waals surface area contributed by atoms with Crippen molar-refractivity contribution in [2.24, 2.45) is 0 Å². The Morgan fingerprint density at radius 2 is 2.05 bits per heavy atom. The van der Waals surface area contributed by atoms with Crippen molar-refractivity contribution in [3.05, 3.63) is 0 Å². The van der Waals surface area contributed by atoms with Crippen molar-refractivity contribution in [2.45, 2.75) is 33.2 Å². The third-order valence-corrected chi connectivity index (χ3v) is 2.54. The van der Waals surface area contributed by atoms with Crippen molar-refractivity contribution < 1.29 is 9.84 Å². The molecule has 7 nitrogen and oxygen atoms in total. The van der Waals surface area contributed by atoms with Gasteiger partial charge in [0.1, 0.15) is 0 Å². The maximum absolute atomic E-state index is 9.12. The fourth-order valence-electron chi connectivity index (χ4n) is 1.58. The Balaban J connectivity index is 3.02. The molecule has 0 fully saturated rings. The number of methoxy groups -OCH3 is 1. The molecule has 0 radical (unpaired) electrons. The molecule has 2 N–H and O–H groups in total. The summed E-state index contributed by atoms with van der Waals surface area (Å²) >= 11 is 0. The fourth-order valence-corrected chi connectivity index (χ4v) is 1.58. The van der Waals surface area contributed by atoms with Crippen molar-refractivity contribution >= 4 is 11.9 Å². The number of aliphatic hydroxyl groups excluding tert-OH is 1. The molecule has 7 heteroatoms. The summed E-state index contributed by atoms with van der Waals surface area (Å²) in [6, 6.07) is 0.450. The van der Waals surface area contributed by atoms with Crippen LogP contribution in [0.1, 0.15) is 27.2 Å². The minimum Gasteiger partial charge on any atom is -0.467 e. The van der Waals surface area contributed by atoms with Crippen LogP contribution in [0.5, 0.6) is 6.01 Å². The van der Waals surface area contributed by atoms with Crippen molar-refractivity contribution in [1.29, 1.82) is 0 Å². The molecule has 0 unspecified atom stereocenters. The number of rotatable bonds is 8. The molecule has 0 aromatic carbocycles. The summed E-state index contributed by atoms with van der Waals surface area (Å²) < 4.78 is 5.09. The lowest BCUT2D eigenvalue weighted by atomic mass is 10.3. The molecule has 0 spiro atoms. The molecule has 0 saturated carbocycles. The SMILES string of the molecule is CCCNc1nc(OC)nc(N(CCO)C(C)C)n1. The molecule has 1 aromatic rings. The number of anilines is 2. The molecule has 0 bridgehead atoms. The van der Waals surface area contributed by atoms with E-state index in [1.807, 2.05) is 18.7 Å². The normalized spacial score (nSPS) is 10.6. The average molecular weight is 269 g/mol. The maximum atomic E-state index is 9.12. The molecule has 0 saturated heterocycles. The van der Waals surface area contributed by atoms with E-state index in [1.165, 1.54) is 7.11 Å². The highest BCUT2D eigenvalue weighted by atomic mass is 16.5. The Morgan fingerprint density at radius 1 is 1.32 bits per heavy atom. The van der Waals surface area contributed by atoms with Crippen LogP contribution in [0.4, 0.5) is 11.9 Å². The Labute approximate surface area is 114 Å². The van der Waals surface area contributed by atoms with Crippen LogP contribution in [0, 0.1) is 0 Å². The molecular weight excluding hydrogens is 246 g/mol. The summed E-state index contributed by atoms with van der Waals surface area (Å²) in [5.41, 5.74) is 0. The highest BCUT2D eigenvalue weighted by Gasteiger charge is 2.16. The van der Waals surface area contributed by atoms with Crippen LogP contribution in [0.25, 0.3) is 0 Å². The topological polar surface area (TPSA) is 83.4 Å². The zero-order chi connectivity index (χ0) is 14.3. The number of aromatic nitrogens is 3. The monoisotopic (exact) mass is 269 g/mol. The molecule has 0 atom stereocenters. The van der Waals surface area contributed by atoms with Gasteiger partial charge in [0.25, 0.3) is 0 Å². The van der Waals surface area contributed by atoms with E-state index in [1.54, 1.807) is 0 Å². The number of hydrogen-bond acceptors (Lipinski definition) is 7. The predicted molar refractivity (Wildman–Crippen MR) is 74.7 cm³/mol. The Bertz CT molecular complexity index is 386. The van der Waals surface area contributed by atoms with Gasteiger partial charge >= 0.3 is 6.01 Å². The number of ether oxygens (including phenoxy) is 1. The van der Waals surface area contributed by atoms with Gasteiger partial charge in [0.05, 0.1) is 13.7 Å². The van der Waals surface area contributed by atoms with Crippen LogP contribution >= 0.6 is 0 Å². The minimum atomic E-state index is 0.0455. The largest absolute Gasteiger partial charge is 0.467 e. The third-order valence-electron chi connectivity index (χ3n) is 2.54. The smallest absolute Gasteiger partial charge is 0.322 e. The van der Waals surface area contributed by atoms with Gasteiger partial charge in [0, 0.05) is 19.1 Å². The quantitative estimate of drug-likeness (QED) is 0.725. The van der Waals surface area contributed by atoms with Gasteiger partial charge in [0.15, 0.2) is 0 Å². The molecule has 0 aliphatic heterocycles. The van der Waals surface area contributed by atoms with Gasteiger partial charge in [-0.25, -0.2) is 0 Å². The van der Waals surface area contributed by atoms with Crippen LogP contribution in [0.15, 0.2) is 0 Å². The third kappa shape index (κ3) is 4.51. The van der Waals surface area contributed by atoms with Crippen LogP contribution in [-0.2, 0) is 0 Å². The number of hydrogen-bond donors (Lipinski definition) is 2. The van der Waals surface area contributed by atoms with Crippen LogP contribution in [-0.4, -0.2) is 52.9 Å². The van der Waals surface area contributed by atoms with E-state index in [2.05, 4.69) is 27.2 Å². The van der Waals surface area contributed by atoms with Crippen LogP contribution < -0.4 is 15.0 Å². The van der Waals surface area contributed by atoms with E-state index < -0.39 is 0 Å². The lowest BCUT2D eigenvalue weighted by Gasteiger charge is -2.26. The molecule has 1 heterocycles. The van der Waals surface area contributed by atoms with Crippen molar-refractivity contribution in [1.82, 2.24) is 15.0 Å². The second-order valence-corrected chi connectivity index (χ2v) is 4.38. The summed E-state index contributed by atoms with van der Waals surface area (Å²) in [6.07, 6.45) is 0.980. The molecule has 19 heavy (non-hydrogen) atoms. The van der Waals surface area contributed by atoms with Crippen molar-refractivity contribution in [2.75, 3.05) is 37.0 Å². The summed E-state index contributed by atoms with van der Waals surface area (Å²) in [5, 5.41) is 12.2. The first-order valence-corrected chi connectivity index (χ1v) is 6.53.